The van der Waals surface area contributed by atoms with Crippen molar-refractivity contribution >= 4 is 63.2 Å². The monoisotopic (exact) mass is 574 g/mol. The van der Waals surface area contributed by atoms with Crippen LogP contribution in [0.25, 0.3) is 11.1 Å². The van der Waals surface area contributed by atoms with Crippen LogP contribution in [0.4, 0.5) is 9.80 Å². The number of carbonyl (C=O) groups is 2. The number of esters is 1. The topological polar surface area (TPSA) is 76.7 Å². The lowest BCUT2D eigenvalue weighted by Crippen LogP contribution is -2.50. The Balaban J connectivity index is 1.83. The highest BCUT2D eigenvalue weighted by Crippen LogP contribution is 2.39. The van der Waals surface area contributed by atoms with E-state index in [0.29, 0.717) is 28.0 Å². The molecule has 3 rings (SSSR count). The Bertz CT molecular complexity index is 1030. The molecule has 2 N–H and O–H groups in total. The summed E-state index contributed by atoms with van der Waals surface area (Å²) in [4.78, 5) is 25.8. The third-order valence-corrected chi connectivity index (χ3v) is 8.01. The van der Waals surface area contributed by atoms with E-state index in [1.54, 1.807) is 6.92 Å². The number of thiophene rings is 1. The lowest BCUT2D eigenvalue weighted by molar-refractivity contribution is 0.00534. The summed E-state index contributed by atoms with van der Waals surface area (Å²) in [7, 11) is 0. The van der Waals surface area contributed by atoms with Crippen LogP contribution < -0.4 is 10.6 Å². The minimum atomic E-state index is -1.93. The van der Waals surface area contributed by atoms with Crippen molar-refractivity contribution in [2.24, 2.45) is 17.8 Å². The number of hydrogen-bond acceptors (Lipinski definition) is 6. The number of ether oxygens (including phenoxy) is 2. The predicted molar refractivity (Wildman–Crippen MR) is 148 cm³/mol. The molecular weight excluding hydrogens is 543 g/mol. The number of carbonyl (C=O) groups excluding carboxylic acids is 2. The molecule has 0 radical (unpaired) electrons. The summed E-state index contributed by atoms with van der Waals surface area (Å²) in [6.07, 6.45) is 0.849. The molecule has 1 aliphatic rings. The Morgan fingerprint density at radius 3 is 2.47 bits per heavy atom. The van der Waals surface area contributed by atoms with Gasteiger partial charge in [0.25, 0.3) is 0 Å². The van der Waals surface area contributed by atoms with Crippen molar-refractivity contribution in [2.75, 3.05) is 11.9 Å². The molecule has 198 valence electrons. The summed E-state index contributed by atoms with van der Waals surface area (Å²) < 4.78 is 9.20. The van der Waals surface area contributed by atoms with Crippen LogP contribution in [0, 0.1) is 17.8 Å². The Kier molecular flexibility index (Phi) is 10.2. The summed E-state index contributed by atoms with van der Waals surface area (Å²) >= 11 is 20.0. The van der Waals surface area contributed by atoms with Crippen molar-refractivity contribution in [1.29, 1.82) is 0 Å². The zero-order chi connectivity index (χ0) is 26.5. The molecule has 1 heterocycles. The molecule has 0 unspecified atom stereocenters. The van der Waals surface area contributed by atoms with Gasteiger partial charge < -0.3 is 14.8 Å². The van der Waals surface area contributed by atoms with E-state index in [9.17, 15) is 9.59 Å². The number of alkyl carbamates (subject to hydrolysis) is 1. The van der Waals surface area contributed by atoms with Gasteiger partial charge in [0, 0.05) is 10.9 Å². The largest absolute Gasteiger partial charge is 0.462 e. The zero-order valence-electron chi connectivity index (χ0n) is 20.9. The van der Waals surface area contributed by atoms with Crippen molar-refractivity contribution in [3.8, 4) is 11.1 Å². The first-order valence-corrected chi connectivity index (χ1v) is 14.2. The van der Waals surface area contributed by atoms with Crippen molar-refractivity contribution in [3.05, 3.63) is 41.3 Å². The van der Waals surface area contributed by atoms with Crippen LogP contribution in [-0.2, 0) is 9.47 Å². The van der Waals surface area contributed by atoms with Gasteiger partial charge in [-0.05, 0) is 43.1 Å². The van der Waals surface area contributed by atoms with Crippen LogP contribution in [0.15, 0.2) is 35.7 Å². The summed E-state index contributed by atoms with van der Waals surface area (Å²) in [6, 6.07) is 9.45. The van der Waals surface area contributed by atoms with E-state index >= 15 is 0 Å². The first kappa shape index (κ1) is 28.9. The Morgan fingerprint density at radius 1 is 1.17 bits per heavy atom. The van der Waals surface area contributed by atoms with Crippen LogP contribution in [0.1, 0.15) is 57.3 Å². The van der Waals surface area contributed by atoms with Crippen LogP contribution in [0.3, 0.4) is 0 Å². The lowest BCUT2D eigenvalue weighted by Gasteiger charge is -2.37. The summed E-state index contributed by atoms with van der Waals surface area (Å²) in [5.41, 5.74) is 1.83. The van der Waals surface area contributed by atoms with Gasteiger partial charge in [-0.3, -0.25) is 5.32 Å². The molecule has 1 amide bonds. The number of hydrogen-bond donors (Lipinski definition) is 2. The van der Waals surface area contributed by atoms with Crippen molar-refractivity contribution in [2.45, 2.75) is 63.0 Å². The van der Waals surface area contributed by atoms with Gasteiger partial charge in [0.05, 0.1) is 6.61 Å². The van der Waals surface area contributed by atoms with E-state index in [2.05, 4.69) is 31.4 Å². The molecule has 4 atom stereocenters. The summed E-state index contributed by atoms with van der Waals surface area (Å²) in [5.74, 6) is 0.607. The highest BCUT2D eigenvalue weighted by atomic mass is 35.6. The molecule has 6 nitrogen and oxygen atoms in total. The second-order valence-corrected chi connectivity index (χ2v) is 12.7. The smallest absolute Gasteiger partial charge is 0.409 e. The fraction of sp³-hybridized carbons (Fsp3) is 0.538. The highest BCUT2D eigenvalue weighted by Gasteiger charge is 2.38. The first-order valence-electron chi connectivity index (χ1n) is 12.2. The molecule has 1 aromatic carbocycles. The summed E-state index contributed by atoms with van der Waals surface area (Å²) in [6.45, 7) is 8.38. The average molecular weight is 576 g/mol. The standard InChI is InChI=1S/C26H33Cl3N2O4S/c1-5-34-23(32)21-19(17-9-7-6-8-10-17)14-36-22(21)30-24(26(27,28)29)31-25(33)35-20-13-16(4)11-12-18(20)15(2)3/h6-10,14-16,18,20,24,30H,5,11-13H2,1-4H3,(H,31,33)/t16-,18-,20+,24+/m1/s1. The lowest BCUT2D eigenvalue weighted by atomic mass is 9.75. The molecule has 10 heteroatoms. The molecule has 36 heavy (non-hydrogen) atoms. The molecule has 0 bridgehead atoms. The number of benzene rings is 1. The van der Waals surface area contributed by atoms with E-state index in [0.717, 1.165) is 24.8 Å². The quantitative estimate of drug-likeness (QED) is 0.190. The van der Waals surface area contributed by atoms with Crippen LogP contribution >= 0.6 is 46.1 Å². The highest BCUT2D eigenvalue weighted by molar-refractivity contribution is 7.15. The van der Waals surface area contributed by atoms with Crippen molar-refractivity contribution < 1.29 is 19.1 Å². The molecule has 1 fully saturated rings. The number of nitrogens with one attached hydrogen (secondary N) is 2. The van der Waals surface area contributed by atoms with Crippen molar-refractivity contribution in [1.82, 2.24) is 5.32 Å². The number of rotatable bonds is 8. The number of halogens is 3. The first-order chi connectivity index (χ1) is 17.0. The van der Waals surface area contributed by atoms with Gasteiger partial charge >= 0.3 is 12.1 Å². The SMILES string of the molecule is CCOC(=O)c1c(-c2ccccc2)csc1N[C@@H](NC(=O)O[C@H]1C[C@H](C)CC[C@@H]1C(C)C)C(Cl)(Cl)Cl. The fourth-order valence-corrected chi connectivity index (χ4v) is 5.88. The van der Waals surface area contributed by atoms with E-state index in [4.69, 9.17) is 44.3 Å². The van der Waals surface area contributed by atoms with Crippen LogP contribution in [-0.4, -0.2) is 34.7 Å². The van der Waals surface area contributed by atoms with E-state index in [1.807, 2.05) is 35.7 Å². The molecule has 0 spiro atoms. The molecule has 0 aliphatic heterocycles. The van der Waals surface area contributed by atoms with Crippen molar-refractivity contribution in [3.63, 3.8) is 0 Å². The number of alkyl halides is 3. The minimum absolute atomic E-state index is 0.206. The molecule has 1 aliphatic carbocycles. The summed E-state index contributed by atoms with van der Waals surface area (Å²) in [5, 5.41) is 7.94. The maximum absolute atomic E-state index is 12.9. The molecular formula is C26H33Cl3N2O4S. The van der Waals surface area contributed by atoms with Crippen LogP contribution in [0.5, 0.6) is 0 Å². The van der Waals surface area contributed by atoms with Gasteiger partial charge in [-0.15, -0.1) is 11.3 Å². The molecule has 1 saturated carbocycles. The Hall–Kier alpha value is -1.67. The van der Waals surface area contributed by atoms with Gasteiger partial charge in [-0.2, -0.15) is 0 Å². The third-order valence-electron chi connectivity index (χ3n) is 6.44. The number of amides is 1. The van der Waals surface area contributed by atoms with Gasteiger partial charge in [-0.25, -0.2) is 9.59 Å². The van der Waals surface area contributed by atoms with Gasteiger partial charge in [-0.1, -0.05) is 92.3 Å². The molecule has 0 saturated heterocycles. The fourth-order valence-electron chi connectivity index (χ4n) is 4.57. The van der Waals surface area contributed by atoms with Gasteiger partial charge in [0.2, 0.25) is 3.79 Å². The molecule has 1 aromatic heterocycles. The maximum atomic E-state index is 12.9. The second-order valence-electron chi connectivity index (χ2n) is 9.47. The van der Waals surface area contributed by atoms with E-state index in [-0.39, 0.29) is 18.6 Å². The third kappa shape index (κ3) is 7.44. The maximum Gasteiger partial charge on any atom is 0.409 e. The second kappa shape index (κ2) is 12.7. The van der Waals surface area contributed by atoms with E-state index in [1.165, 1.54) is 11.3 Å². The number of anilines is 1. The zero-order valence-corrected chi connectivity index (χ0v) is 23.9. The van der Waals surface area contributed by atoms with Gasteiger partial charge in [0.15, 0.2) is 6.17 Å². The van der Waals surface area contributed by atoms with Gasteiger partial charge in [0.1, 0.15) is 16.7 Å². The normalized spacial score (nSPS) is 21.1. The van der Waals surface area contributed by atoms with E-state index < -0.39 is 22.0 Å². The average Bonchev–Trinajstić information content (AvgIpc) is 3.22. The minimum Gasteiger partial charge on any atom is -0.462 e. The predicted octanol–water partition coefficient (Wildman–Crippen LogP) is 7.89. The molecule has 2 aromatic rings. The van der Waals surface area contributed by atoms with Crippen LogP contribution in [0.2, 0.25) is 0 Å². The Labute approximate surface area is 232 Å². The Morgan fingerprint density at radius 2 is 1.86 bits per heavy atom.